The van der Waals surface area contributed by atoms with Gasteiger partial charge in [0.15, 0.2) is 0 Å². The molecule has 0 saturated carbocycles. The number of primary amides is 1. The lowest BCUT2D eigenvalue weighted by atomic mass is 10.0. The first-order chi connectivity index (χ1) is 13.5. The molecule has 9 nitrogen and oxygen atoms in total. The molecule has 1 unspecified atom stereocenters. The molecule has 0 saturated heterocycles. The van der Waals surface area contributed by atoms with Gasteiger partial charge in [-0.05, 0) is 18.6 Å². The van der Waals surface area contributed by atoms with Gasteiger partial charge in [-0.15, -0.1) is 0 Å². The number of Topliss-reactive ketones (excluding diaryl/α,β-unsaturated/α-hetero) is 1. The molecule has 0 spiro atoms. The minimum absolute atomic E-state index is 0.102. The summed E-state index contributed by atoms with van der Waals surface area (Å²) in [6, 6.07) is 9.41. The highest BCUT2D eigenvalue weighted by Crippen LogP contribution is 2.25. The molecule has 2 aromatic heterocycles. The standard InChI is InChI=1S/C19H17N5O4/c1-11-15(13-7-8-21-10-22-13)17(28-24-11)19(27)23-14(16(25)18(20)26)9-12-5-3-2-4-6-12/h2-8,10,14H,9H2,1H3,(H2,20,26)(H,23,27). The number of aryl methyl sites for hydroxylation is 1. The van der Waals surface area contributed by atoms with Gasteiger partial charge < -0.3 is 15.6 Å². The monoisotopic (exact) mass is 379 g/mol. The predicted molar refractivity (Wildman–Crippen MR) is 97.9 cm³/mol. The van der Waals surface area contributed by atoms with Crippen LogP contribution in [0.15, 0.2) is 53.4 Å². The number of amides is 2. The number of hydrogen-bond acceptors (Lipinski definition) is 7. The van der Waals surface area contributed by atoms with Crippen molar-refractivity contribution >= 4 is 17.6 Å². The van der Waals surface area contributed by atoms with E-state index in [2.05, 4.69) is 20.4 Å². The Kier molecular flexibility index (Phi) is 5.54. The Bertz CT molecular complexity index is 1000. The van der Waals surface area contributed by atoms with Gasteiger partial charge in [-0.3, -0.25) is 14.4 Å². The minimum Gasteiger partial charge on any atom is -0.363 e. The number of nitrogens with two attached hydrogens (primary N) is 1. The minimum atomic E-state index is -1.14. The van der Waals surface area contributed by atoms with Crippen LogP contribution >= 0.6 is 0 Å². The molecule has 28 heavy (non-hydrogen) atoms. The van der Waals surface area contributed by atoms with Crippen molar-refractivity contribution in [3.63, 3.8) is 0 Å². The van der Waals surface area contributed by atoms with Crippen LogP contribution in [0.1, 0.15) is 21.8 Å². The van der Waals surface area contributed by atoms with E-state index in [0.29, 0.717) is 17.0 Å². The number of hydrogen-bond donors (Lipinski definition) is 2. The SMILES string of the molecule is Cc1noc(C(=O)NC(Cc2ccccc2)C(=O)C(N)=O)c1-c1ccncn1. The van der Waals surface area contributed by atoms with Crippen LogP contribution in [0.3, 0.4) is 0 Å². The molecule has 0 fully saturated rings. The van der Waals surface area contributed by atoms with Crippen molar-refractivity contribution < 1.29 is 18.9 Å². The summed E-state index contributed by atoms with van der Waals surface area (Å²) in [7, 11) is 0. The molecule has 2 amide bonds. The highest BCUT2D eigenvalue weighted by Gasteiger charge is 2.29. The average molecular weight is 379 g/mol. The van der Waals surface area contributed by atoms with E-state index in [4.69, 9.17) is 10.3 Å². The first-order valence-corrected chi connectivity index (χ1v) is 8.38. The van der Waals surface area contributed by atoms with Gasteiger partial charge in [0.2, 0.25) is 11.5 Å². The van der Waals surface area contributed by atoms with Crippen molar-refractivity contribution in [2.24, 2.45) is 5.73 Å². The van der Waals surface area contributed by atoms with Gasteiger partial charge in [-0.2, -0.15) is 0 Å². The first-order valence-electron chi connectivity index (χ1n) is 8.38. The second kappa shape index (κ2) is 8.21. The topological polar surface area (TPSA) is 141 Å². The highest BCUT2D eigenvalue weighted by atomic mass is 16.5. The van der Waals surface area contributed by atoms with E-state index in [1.807, 2.05) is 6.07 Å². The quantitative estimate of drug-likeness (QED) is 0.579. The van der Waals surface area contributed by atoms with E-state index in [1.54, 1.807) is 37.3 Å². The van der Waals surface area contributed by atoms with Gasteiger partial charge in [0.1, 0.15) is 12.4 Å². The number of carbonyl (C=O) groups is 3. The third kappa shape index (κ3) is 4.09. The van der Waals surface area contributed by atoms with E-state index < -0.39 is 23.6 Å². The van der Waals surface area contributed by atoms with E-state index in [-0.39, 0.29) is 12.2 Å². The number of benzene rings is 1. The van der Waals surface area contributed by atoms with Crippen molar-refractivity contribution in [3.8, 4) is 11.3 Å². The maximum atomic E-state index is 12.8. The zero-order valence-electron chi connectivity index (χ0n) is 15.0. The van der Waals surface area contributed by atoms with Gasteiger partial charge in [0.05, 0.1) is 17.0 Å². The molecule has 3 N–H and O–H groups in total. The molecular formula is C19H17N5O4. The summed E-state index contributed by atoms with van der Waals surface area (Å²) in [5, 5.41) is 6.33. The van der Waals surface area contributed by atoms with E-state index in [0.717, 1.165) is 5.56 Å². The number of carbonyl (C=O) groups excluding carboxylic acids is 3. The lowest BCUT2D eigenvalue weighted by Gasteiger charge is -2.15. The van der Waals surface area contributed by atoms with Crippen LogP contribution in [-0.2, 0) is 16.0 Å². The van der Waals surface area contributed by atoms with Crippen molar-refractivity contribution in [1.82, 2.24) is 20.4 Å². The number of ketones is 1. The molecule has 1 atom stereocenters. The number of rotatable bonds is 7. The maximum Gasteiger partial charge on any atom is 0.291 e. The summed E-state index contributed by atoms with van der Waals surface area (Å²) in [5.74, 6) is -2.86. The summed E-state index contributed by atoms with van der Waals surface area (Å²) in [6.45, 7) is 1.66. The van der Waals surface area contributed by atoms with Crippen LogP contribution in [-0.4, -0.2) is 38.8 Å². The fourth-order valence-corrected chi connectivity index (χ4v) is 2.72. The summed E-state index contributed by atoms with van der Waals surface area (Å²) in [6.07, 6.45) is 2.95. The van der Waals surface area contributed by atoms with Crippen molar-refractivity contribution in [2.75, 3.05) is 0 Å². The van der Waals surface area contributed by atoms with Gasteiger partial charge in [0, 0.05) is 12.6 Å². The second-order valence-corrected chi connectivity index (χ2v) is 6.01. The zero-order chi connectivity index (χ0) is 20.1. The lowest BCUT2D eigenvalue weighted by molar-refractivity contribution is -0.137. The van der Waals surface area contributed by atoms with Crippen LogP contribution in [0, 0.1) is 6.92 Å². The Morgan fingerprint density at radius 1 is 1.18 bits per heavy atom. The Morgan fingerprint density at radius 2 is 1.93 bits per heavy atom. The van der Waals surface area contributed by atoms with Crippen LogP contribution in [0.25, 0.3) is 11.3 Å². The molecule has 142 valence electrons. The van der Waals surface area contributed by atoms with Crippen molar-refractivity contribution in [2.45, 2.75) is 19.4 Å². The summed E-state index contributed by atoms with van der Waals surface area (Å²) in [5.41, 5.74) is 7.17. The number of aromatic nitrogens is 3. The largest absolute Gasteiger partial charge is 0.363 e. The van der Waals surface area contributed by atoms with Gasteiger partial charge in [-0.25, -0.2) is 9.97 Å². The third-order valence-electron chi connectivity index (χ3n) is 4.05. The summed E-state index contributed by atoms with van der Waals surface area (Å²) in [4.78, 5) is 44.4. The summed E-state index contributed by atoms with van der Waals surface area (Å²) < 4.78 is 5.15. The fraction of sp³-hybridized carbons (Fsp3) is 0.158. The Balaban J connectivity index is 1.89. The Morgan fingerprint density at radius 3 is 2.57 bits per heavy atom. The van der Waals surface area contributed by atoms with Crippen LogP contribution in [0.5, 0.6) is 0 Å². The fourth-order valence-electron chi connectivity index (χ4n) is 2.72. The van der Waals surface area contributed by atoms with E-state index in [1.165, 1.54) is 12.5 Å². The molecule has 3 aromatic rings. The molecule has 0 aliphatic rings. The van der Waals surface area contributed by atoms with Gasteiger partial charge in [-0.1, -0.05) is 35.5 Å². The second-order valence-electron chi connectivity index (χ2n) is 6.01. The molecular weight excluding hydrogens is 362 g/mol. The maximum absolute atomic E-state index is 12.8. The highest BCUT2D eigenvalue weighted by molar-refractivity contribution is 6.38. The molecule has 0 bridgehead atoms. The van der Waals surface area contributed by atoms with Crippen LogP contribution < -0.4 is 11.1 Å². The normalized spacial score (nSPS) is 11.6. The molecule has 2 heterocycles. The zero-order valence-corrected chi connectivity index (χ0v) is 15.0. The average Bonchev–Trinajstić information content (AvgIpc) is 3.09. The van der Waals surface area contributed by atoms with Crippen molar-refractivity contribution in [1.29, 1.82) is 0 Å². The number of nitrogens with zero attached hydrogens (tertiary/aromatic N) is 3. The lowest BCUT2D eigenvalue weighted by Crippen LogP contribution is -2.47. The van der Waals surface area contributed by atoms with Gasteiger partial charge in [0.25, 0.3) is 11.8 Å². The predicted octanol–water partition coefficient (Wildman–Crippen LogP) is 0.836. The first kappa shape index (κ1) is 18.9. The van der Waals surface area contributed by atoms with Gasteiger partial charge >= 0.3 is 0 Å². The third-order valence-corrected chi connectivity index (χ3v) is 4.05. The van der Waals surface area contributed by atoms with Crippen molar-refractivity contribution in [3.05, 3.63) is 65.9 Å². The molecule has 0 radical (unpaired) electrons. The van der Waals surface area contributed by atoms with E-state index in [9.17, 15) is 14.4 Å². The molecule has 0 aliphatic heterocycles. The number of nitrogens with one attached hydrogen (secondary N) is 1. The summed E-state index contributed by atoms with van der Waals surface area (Å²) >= 11 is 0. The molecule has 9 heteroatoms. The van der Waals surface area contributed by atoms with E-state index >= 15 is 0 Å². The smallest absolute Gasteiger partial charge is 0.291 e. The Labute approximate surface area is 160 Å². The Hall–Kier alpha value is -3.88. The molecule has 0 aliphatic carbocycles. The molecule has 3 rings (SSSR count). The molecule has 1 aromatic carbocycles. The van der Waals surface area contributed by atoms with Crippen LogP contribution in [0.2, 0.25) is 0 Å². The van der Waals surface area contributed by atoms with Crippen LogP contribution in [0.4, 0.5) is 0 Å².